The van der Waals surface area contributed by atoms with Gasteiger partial charge < -0.3 is 10.1 Å². The fourth-order valence-corrected chi connectivity index (χ4v) is 2.52. The Morgan fingerprint density at radius 2 is 2.35 bits per heavy atom. The largest absolute Gasteiger partial charge is 0.373 e. The lowest BCUT2D eigenvalue weighted by Gasteiger charge is -2.17. The highest BCUT2D eigenvalue weighted by atomic mass is 16.5. The lowest BCUT2D eigenvalue weighted by atomic mass is 9.97. The number of hydrogen-bond acceptors (Lipinski definition) is 3. The predicted molar refractivity (Wildman–Crippen MR) is 65.7 cm³/mol. The Bertz CT molecular complexity index is 372. The van der Waals surface area contributed by atoms with E-state index in [1.165, 1.54) is 24.8 Å². The highest BCUT2D eigenvalue weighted by Crippen LogP contribution is 2.34. The van der Waals surface area contributed by atoms with Crippen LogP contribution in [-0.4, -0.2) is 29.0 Å². The molecule has 17 heavy (non-hydrogen) atoms. The van der Waals surface area contributed by atoms with Crippen LogP contribution in [0.5, 0.6) is 0 Å². The maximum Gasteiger partial charge on any atom is 0.0896 e. The van der Waals surface area contributed by atoms with E-state index in [0.717, 1.165) is 25.7 Å². The van der Waals surface area contributed by atoms with Gasteiger partial charge in [-0.2, -0.15) is 5.10 Å². The zero-order chi connectivity index (χ0) is 11.7. The Hall–Kier alpha value is -0.870. The van der Waals surface area contributed by atoms with Crippen LogP contribution in [0.4, 0.5) is 0 Å². The fraction of sp³-hybridized carbons (Fsp3) is 0.769. The molecule has 0 spiro atoms. The minimum absolute atomic E-state index is 0.251. The van der Waals surface area contributed by atoms with E-state index in [9.17, 15) is 0 Å². The first-order chi connectivity index (χ1) is 8.36. The third kappa shape index (κ3) is 2.53. The van der Waals surface area contributed by atoms with Crippen molar-refractivity contribution in [3.63, 3.8) is 0 Å². The van der Waals surface area contributed by atoms with Gasteiger partial charge in [0.2, 0.25) is 0 Å². The summed E-state index contributed by atoms with van der Waals surface area (Å²) >= 11 is 0. The molecule has 1 aromatic heterocycles. The number of hydrogen-bond donors (Lipinski definition) is 1. The third-order valence-corrected chi connectivity index (χ3v) is 3.77. The first-order valence-corrected chi connectivity index (χ1v) is 6.74. The van der Waals surface area contributed by atoms with Crippen molar-refractivity contribution in [2.24, 2.45) is 5.92 Å². The smallest absolute Gasteiger partial charge is 0.0896 e. The van der Waals surface area contributed by atoms with E-state index in [2.05, 4.69) is 23.5 Å². The summed E-state index contributed by atoms with van der Waals surface area (Å²) in [7, 11) is 0. The molecule has 1 aliphatic heterocycles. The first-order valence-electron chi connectivity index (χ1n) is 6.74. The molecule has 4 nitrogen and oxygen atoms in total. The van der Waals surface area contributed by atoms with Crippen molar-refractivity contribution in [1.82, 2.24) is 15.1 Å². The van der Waals surface area contributed by atoms with Gasteiger partial charge in [0, 0.05) is 43.4 Å². The van der Waals surface area contributed by atoms with Crippen LogP contribution in [0.25, 0.3) is 0 Å². The van der Waals surface area contributed by atoms with Gasteiger partial charge >= 0.3 is 0 Å². The number of aromatic nitrogens is 2. The zero-order valence-electron chi connectivity index (χ0n) is 10.4. The molecule has 94 valence electrons. The lowest BCUT2D eigenvalue weighted by Crippen LogP contribution is -2.26. The molecular formula is C13H21N3O. The predicted octanol–water partition coefficient (Wildman–Crippen LogP) is 1.73. The summed E-state index contributed by atoms with van der Waals surface area (Å²) in [5.41, 5.74) is 1.24. The Morgan fingerprint density at radius 1 is 1.47 bits per heavy atom. The van der Waals surface area contributed by atoms with Gasteiger partial charge in [-0.25, -0.2) is 0 Å². The maximum absolute atomic E-state index is 5.87. The molecule has 2 atom stereocenters. The Kier molecular flexibility index (Phi) is 3.16. The van der Waals surface area contributed by atoms with Crippen molar-refractivity contribution < 1.29 is 4.74 Å². The number of rotatable bonds is 5. The van der Waals surface area contributed by atoms with Crippen molar-refractivity contribution in [1.29, 1.82) is 0 Å². The number of ether oxygens (including phenoxy) is 1. The van der Waals surface area contributed by atoms with Crippen LogP contribution >= 0.6 is 0 Å². The van der Waals surface area contributed by atoms with E-state index >= 15 is 0 Å². The van der Waals surface area contributed by atoms with Gasteiger partial charge in [-0.1, -0.05) is 0 Å². The Morgan fingerprint density at radius 3 is 3.06 bits per heavy atom. The molecule has 0 amide bonds. The van der Waals surface area contributed by atoms with Crippen LogP contribution in [0.2, 0.25) is 0 Å². The van der Waals surface area contributed by atoms with Gasteiger partial charge in [-0.15, -0.1) is 0 Å². The summed E-state index contributed by atoms with van der Waals surface area (Å²) in [6, 6.07) is 0.787. The zero-order valence-corrected chi connectivity index (χ0v) is 10.4. The molecular weight excluding hydrogens is 214 g/mol. The van der Waals surface area contributed by atoms with Crippen molar-refractivity contribution in [2.75, 3.05) is 13.2 Å². The molecule has 0 bridgehead atoms. The molecule has 2 unspecified atom stereocenters. The highest BCUT2D eigenvalue weighted by molar-refractivity contribution is 5.11. The second-order valence-corrected chi connectivity index (χ2v) is 5.15. The van der Waals surface area contributed by atoms with Crippen LogP contribution in [0.1, 0.15) is 37.9 Å². The molecule has 0 aromatic carbocycles. The van der Waals surface area contributed by atoms with E-state index in [-0.39, 0.29) is 6.10 Å². The van der Waals surface area contributed by atoms with E-state index in [0.29, 0.717) is 5.92 Å². The first kappa shape index (κ1) is 11.2. The summed E-state index contributed by atoms with van der Waals surface area (Å²) in [5, 5.41) is 7.95. The highest BCUT2D eigenvalue weighted by Gasteiger charge is 2.32. The van der Waals surface area contributed by atoms with Crippen molar-refractivity contribution in [3.8, 4) is 0 Å². The average molecular weight is 235 g/mol. The van der Waals surface area contributed by atoms with Crippen LogP contribution in [0, 0.1) is 5.92 Å². The van der Waals surface area contributed by atoms with Gasteiger partial charge in [0.15, 0.2) is 0 Å². The molecule has 1 aliphatic carbocycles. The lowest BCUT2D eigenvalue weighted by molar-refractivity contribution is 0.0904. The maximum atomic E-state index is 5.87. The topological polar surface area (TPSA) is 39.1 Å². The third-order valence-electron chi connectivity index (χ3n) is 3.77. The van der Waals surface area contributed by atoms with E-state index in [4.69, 9.17) is 4.74 Å². The molecule has 0 radical (unpaired) electrons. The van der Waals surface area contributed by atoms with Crippen molar-refractivity contribution >= 4 is 0 Å². The Balaban J connectivity index is 1.63. The summed E-state index contributed by atoms with van der Waals surface area (Å²) in [6.45, 7) is 5.02. The summed E-state index contributed by atoms with van der Waals surface area (Å²) < 4.78 is 7.84. The molecule has 2 heterocycles. The Labute approximate surface area is 102 Å². The standard InChI is InChI=1S/C13H21N3O/c1-2-16-9-11(8-15-16)13-10(5-6-17-13)7-14-12-3-4-12/h8-10,12-14H,2-7H2,1H3. The van der Waals surface area contributed by atoms with E-state index in [1.54, 1.807) is 0 Å². The monoisotopic (exact) mass is 235 g/mol. The molecule has 1 aromatic rings. The number of nitrogens with one attached hydrogen (secondary N) is 1. The second-order valence-electron chi connectivity index (χ2n) is 5.15. The minimum Gasteiger partial charge on any atom is -0.373 e. The van der Waals surface area contributed by atoms with Crippen molar-refractivity contribution in [3.05, 3.63) is 18.0 Å². The van der Waals surface area contributed by atoms with Crippen LogP contribution in [0.15, 0.2) is 12.4 Å². The van der Waals surface area contributed by atoms with E-state index in [1.807, 2.05) is 10.9 Å². The van der Waals surface area contributed by atoms with Crippen LogP contribution in [-0.2, 0) is 11.3 Å². The minimum atomic E-state index is 0.251. The van der Waals surface area contributed by atoms with Gasteiger partial charge in [0.25, 0.3) is 0 Å². The molecule has 1 N–H and O–H groups in total. The van der Waals surface area contributed by atoms with Gasteiger partial charge in [0.05, 0.1) is 12.3 Å². The fourth-order valence-electron chi connectivity index (χ4n) is 2.52. The van der Waals surface area contributed by atoms with Crippen molar-refractivity contribution in [2.45, 2.75) is 44.9 Å². The summed E-state index contributed by atoms with van der Waals surface area (Å²) in [6.07, 6.45) is 8.21. The molecule has 1 saturated carbocycles. The van der Waals surface area contributed by atoms with Gasteiger partial charge in [-0.3, -0.25) is 4.68 Å². The molecule has 4 heteroatoms. The number of nitrogens with zero attached hydrogens (tertiary/aromatic N) is 2. The molecule has 3 rings (SSSR count). The van der Waals surface area contributed by atoms with Crippen LogP contribution < -0.4 is 5.32 Å². The average Bonchev–Trinajstić information content (AvgIpc) is 2.89. The molecule has 2 fully saturated rings. The summed E-state index contributed by atoms with van der Waals surface area (Å²) in [5.74, 6) is 0.616. The summed E-state index contributed by atoms with van der Waals surface area (Å²) in [4.78, 5) is 0. The number of aryl methyl sites for hydroxylation is 1. The quantitative estimate of drug-likeness (QED) is 0.845. The van der Waals surface area contributed by atoms with Gasteiger partial charge in [-0.05, 0) is 26.2 Å². The van der Waals surface area contributed by atoms with Crippen LogP contribution in [0.3, 0.4) is 0 Å². The SMILES string of the molecule is CCn1cc(C2OCCC2CNC2CC2)cn1. The second kappa shape index (κ2) is 4.78. The van der Waals surface area contributed by atoms with E-state index < -0.39 is 0 Å². The molecule has 1 saturated heterocycles. The normalized spacial score (nSPS) is 28.8. The molecule has 2 aliphatic rings. The van der Waals surface area contributed by atoms with Gasteiger partial charge in [0.1, 0.15) is 0 Å².